The normalized spacial score (nSPS) is 13.8. The topological polar surface area (TPSA) is 91.4 Å². The van der Waals surface area contributed by atoms with Gasteiger partial charge in [0.15, 0.2) is 5.82 Å². The summed E-state index contributed by atoms with van der Waals surface area (Å²) in [5.74, 6) is 1.65. The highest BCUT2D eigenvalue weighted by atomic mass is 16.5. The first-order valence-electron chi connectivity index (χ1n) is 12.2. The number of aryl methyl sites for hydroxylation is 2. The van der Waals surface area contributed by atoms with Gasteiger partial charge in [-0.15, -0.1) is 10.2 Å². The number of H-pyrrole nitrogens is 1. The Morgan fingerprint density at radius 2 is 1.74 bits per heavy atom. The van der Waals surface area contributed by atoms with Crippen molar-refractivity contribution in [1.82, 2.24) is 20.1 Å². The second-order valence-corrected chi connectivity index (χ2v) is 9.33. The molecule has 1 N–H and O–H groups in total. The number of aromatic nitrogens is 3. The minimum Gasteiger partial charge on any atom is -0.493 e. The summed E-state index contributed by atoms with van der Waals surface area (Å²) in [5.41, 5.74) is 3.17. The first-order chi connectivity index (χ1) is 16.9. The summed E-state index contributed by atoms with van der Waals surface area (Å²) in [6.07, 6.45) is 0.505. The van der Waals surface area contributed by atoms with Crippen molar-refractivity contribution < 1.29 is 9.53 Å². The molecule has 0 saturated carbocycles. The number of ether oxygens (including phenoxy) is 1. The van der Waals surface area contributed by atoms with Crippen molar-refractivity contribution in [3.8, 4) is 17.1 Å². The molecule has 0 radical (unpaired) electrons. The van der Waals surface area contributed by atoms with Gasteiger partial charge in [0.1, 0.15) is 11.4 Å². The molecule has 1 aliphatic heterocycles. The van der Waals surface area contributed by atoms with E-state index in [1.54, 1.807) is 0 Å². The summed E-state index contributed by atoms with van der Waals surface area (Å²) in [6.45, 7) is 9.88. The van der Waals surface area contributed by atoms with Gasteiger partial charge >= 0.3 is 0 Å². The highest BCUT2D eigenvalue weighted by molar-refractivity contribution is 5.76. The van der Waals surface area contributed by atoms with Crippen LogP contribution >= 0.6 is 0 Å². The van der Waals surface area contributed by atoms with Crippen LogP contribution in [-0.4, -0.2) is 58.8 Å². The van der Waals surface area contributed by atoms with E-state index in [0.717, 1.165) is 24.4 Å². The minimum absolute atomic E-state index is 0.0386. The van der Waals surface area contributed by atoms with Crippen molar-refractivity contribution in [3.05, 3.63) is 70.1 Å². The van der Waals surface area contributed by atoms with Gasteiger partial charge in [-0.1, -0.05) is 32.0 Å². The van der Waals surface area contributed by atoms with Crippen molar-refractivity contribution >= 4 is 11.6 Å². The molecule has 0 atom stereocenters. The van der Waals surface area contributed by atoms with Crippen molar-refractivity contribution in [2.75, 3.05) is 37.7 Å². The van der Waals surface area contributed by atoms with Crippen LogP contribution in [0.2, 0.25) is 0 Å². The molecule has 2 aromatic carbocycles. The predicted molar refractivity (Wildman–Crippen MR) is 137 cm³/mol. The van der Waals surface area contributed by atoms with E-state index in [1.165, 1.54) is 11.3 Å². The van der Waals surface area contributed by atoms with Crippen LogP contribution in [0.15, 0.2) is 53.3 Å². The Labute approximate surface area is 206 Å². The average Bonchev–Trinajstić information content (AvgIpc) is 2.87. The Balaban J connectivity index is 1.30. The molecule has 1 fully saturated rings. The number of nitrogens with one attached hydrogen (secondary N) is 1. The van der Waals surface area contributed by atoms with Gasteiger partial charge in [-0.2, -0.15) is 0 Å². The Hall–Kier alpha value is -3.68. The molecule has 0 bridgehead atoms. The summed E-state index contributed by atoms with van der Waals surface area (Å²) in [4.78, 5) is 32.3. The number of anilines is 1. The maximum absolute atomic E-state index is 12.7. The van der Waals surface area contributed by atoms with Crippen molar-refractivity contribution in [1.29, 1.82) is 0 Å². The van der Waals surface area contributed by atoms with Crippen LogP contribution in [0, 0.1) is 12.8 Å². The second-order valence-electron chi connectivity index (χ2n) is 9.33. The zero-order valence-electron chi connectivity index (χ0n) is 20.7. The third-order valence-electron chi connectivity index (χ3n) is 6.14. The quantitative estimate of drug-likeness (QED) is 0.537. The fraction of sp³-hybridized carbons (Fsp3) is 0.407. The van der Waals surface area contributed by atoms with Crippen LogP contribution in [0.5, 0.6) is 5.75 Å². The lowest BCUT2D eigenvalue weighted by molar-refractivity contribution is -0.131. The molecule has 4 rings (SSSR count). The number of hydrogen-bond acceptors (Lipinski definition) is 6. The maximum atomic E-state index is 12.7. The molecule has 35 heavy (non-hydrogen) atoms. The van der Waals surface area contributed by atoms with E-state index in [0.29, 0.717) is 31.4 Å². The van der Waals surface area contributed by atoms with Gasteiger partial charge in [0, 0.05) is 50.3 Å². The molecular weight excluding hydrogens is 442 g/mol. The van der Waals surface area contributed by atoms with E-state index < -0.39 is 0 Å². The molecule has 3 aromatic rings. The molecule has 1 aliphatic rings. The smallest absolute Gasteiger partial charge is 0.273 e. The summed E-state index contributed by atoms with van der Waals surface area (Å²) < 4.78 is 5.69. The number of piperazine rings is 1. The molecule has 1 saturated heterocycles. The number of aromatic amines is 1. The van der Waals surface area contributed by atoms with E-state index in [-0.39, 0.29) is 30.0 Å². The monoisotopic (exact) mass is 475 g/mol. The zero-order chi connectivity index (χ0) is 24.8. The van der Waals surface area contributed by atoms with Gasteiger partial charge in [-0.3, -0.25) is 9.59 Å². The average molecular weight is 476 g/mol. The van der Waals surface area contributed by atoms with Gasteiger partial charge in [-0.05, 0) is 48.7 Å². The van der Waals surface area contributed by atoms with Gasteiger partial charge in [0.2, 0.25) is 5.91 Å². The summed E-state index contributed by atoms with van der Waals surface area (Å²) >= 11 is 0. The van der Waals surface area contributed by atoms with Gasteiger partial charge in [0.25, 0.3) is 5.56 Å². The highest BCUT2D eigenvalue weighted by Gasteiger charge is 2.22. The van der Waals surface area contributed by atoms with Crippen molar-refractivity contribution in [3.63, 3.8) is 0 Å². The molecule has 0 spiro atoms. The number of nitrogens with zero attached hydrogens (tertiary/aromatic N) is 4. The molecular formula is C27H33N5O3. The van der Waals surface area contributed by atoms with E-state index >= 15 is 0 Å². The van der Waals surface area contributed by atoms with Crippen LogP contribution in [-0.2, 0) is 11.2 Å². The SMILES string of the molecule is Cc1ccccc1N1CCN(C(=O)CCc2nnc(-c3ccc(OCC(C)C)cc3)[nH]c2=O)CC1. The molecule has 0 unspecified atom stereocenters. The summed E-state index contributed by atoms with van der Waals surface area (Å²) in [5, 5.41) is 8.29. The molecule has 2 heterocycles. The third kappa shape index (κ3) is 6.26. The molecule has 8 heteroatoms. The van der Waals surface area contributed by atoms with Crippen LogP contribution in [0.4, 0.5) is 5.69 Å². The zero-order valence-corrected chi connectivity index (χ0v) is 20.7. The van der Waals surface area contributed by atoms with E-state index in [2.05, 4.69) is 53.0 Å². The van der Waals surface area contributed by atoms with Crippen LogP contribution < -0.4 is 15.2 Å². The first-order valence-corrected chi connectivity index (χ1v) is 12.2. The first kappa shape index (κ1) is 24.4. The minimum atomic E-state index is -0.313. The Morgan fingerprint density at radius 1 is 1.03 bits per heavy atom. The number of rotatable bonds is 8. The largest absolute Gasteiger partial charge is 0.493 e. The molecule has 1 aromatic heterocycles. The molecule has 184 valence electrons. The van der Waals surface area contributed by atoms with Crippen molar-refractivity contribution in [2.24, 2.45) is 5.92 Å². The van der Waals surface area contributed by atoms with Gasteiger partial charge < -0.3 is 19.5 Å². The summed E-state index contributed by atoms with van der Waals surface area (Å²) in [6, 6.07) is 15.7. The molecule has 1 amide bonds. The van der Waals surface area contributed by atoms with Crippen LogP contribution in [0.3, 0.4) is 0 Å². The number of amides is 1. The third-order valence-corrected chi connectivity index (χ3v) is 6.14. The van der Waals surface area contributed by atoms with Gasteiger partial charge in [0.05, 0.1) is 6.61 Å². The lowest BCUT2D eigenvalue weighted by atomic mass is 10.1. The number of carbonyl (C=O) groups excluding carboxylic acids is 1. The second kappa shape index (κ2) is 11.2. The highest BCUT2D eigenvalue weighted by Crippen LogP contribution is 2.21. The lowest BCUT2D eigenvalue weighted by Crippen LogP contribution is -2.49. The van der Waals surface area contributed by atoms with Crippen molar-refractivity contribution in [2.45, 2.75) is 33.6 Å². The van der Waals surface area contributed by atoms with E-state index in [9.17, 15) is 9.59 Å². The predicted octanol–water partition coefficient (Wildman–Crippen LogP) is 3.46. The summed E-state index contributed by atoms with van der Waals surface area (Å²) in [7, 11) is 0. The van der Waals surface area contributed by atoms with Crippen LogP contribution in [0.25, 0.3) is 11.4 Å². The Morgan fingerprint density at radius 3 is 2.40 bits per heavy atom. The van der Waals surface area contributed by atoms with E-state index in [4.69, 9.17) is 4.74 Å². The van der Waals surface area contributed by atoms with Gasteiger partial charge in [-0.25, -0.2) is 0 Å². The molecule has 0 aliphatic carbocycles. The maximum Gasteiger partial charge on any atom is 0.273 e. The van der Waals surface area contributed by atoms with Crippen LogP contribution in [0.1, 0.15) is 31.5 Å². The fourth-order valence-corrected chi connectivity index (χ4v) is 4.12. The van der Waals surface area contributed by atoms with E-state index in [1.807, 2.05) is 41.3 Å². The molecule has 8 nitrogen and oxygen atoms in total. The number of benzene rings is 2. The number of carbonyl (C=O) groups is 1. The standard InChI is InChI=1S/C27H33N5O3/c1-19(2)18-35-22-10-8-21(9-11-22)26-28-27(34)23(29-30-26)12-13-25(33)32-16-14-31(15-17-32)24-7-5-4-6-20(24)3/h4-11,19H,12-18H2,1-3H3,(H,28,30,34). The Bertz CT molecular complexity index is 1200. The lowest BCUT2D eigenvalue weighted by Gasteiger charge is -2.36. The number of para-hydroxylation sites is 1. The number of hydrogen-bond donors (Lipinski definition) is 1. The Kier molecular flexibility index (Phi) is 7.80. The fourth-order valence-electron chi connectivity index (χ4n) is 4.12.